The SMILES string of the molecule is NNC(=O)NC(COCCOCCS)(COCCOCCS)COCCOCCS. The van der Waals surface area contributed by atoms with Crippen LogP contribution in [-0.2, 0) is 28.4 Å². The van der Waals surface area contributed by atoms with Crippen molar-refractivity contribution in [3.63, 3.8) is 0 Å². The summed E-state index contributed by atoms with van der Waals surface area (Å²) < 4.78 is 33.1. The molecular weight excluding hydrogens is 454 g/mol. The Hall–Kier alpha value is 0.0400. The van der Waals surface area contributed by atoms with Crippen molar-refractivity contribution >= 4 is 43.9 Å². The highest BCUT2D eigenvalue weighted by atomic mass is 32.1. The molecule has 0 spiro atoms. The van der Waals surface area contributed by atoms with Crippen LogP contribution in [0.3, 0.4) is 0 Å². The summed E-state index contributed by atoms with van der Waals surface area (Å²) in [6.45, 7) is 4.30. The number of hydrogen-bond acceptors (Lipinski definition) is 11. The molecule has 0 unspecified atom stereocenters. The minimum absolute atomic E-state index is 0.139. The van der Waals surface area contributed by atoms with Gasteiger partial charge in [-0.15, -0.1) is 0 Å². The van der Waals surface area contributed by atoms with Crippen LogP contribution in [0.1, 0.15) is 0 Å². The van der Waals surface area contributed by atoms with E-state index in [0.29, 0.717) is 76.7 Å². The molecule has 0 atom stereocenters. The first-order valence-electron chi connectivity index (χ1n) is 9.72. The first-order chi connectivity index (χ1) is 14.6. The molecule has 10 nitrogen and oxygen atoms in total. The molecule has 2 amide bonds. The smallest absolute Gasteiger partial charge is 0.329 e. The number of carbonyl (C=O) groups is 1. The summed E-state index contributed by atoms with van der Waals surface area (Å²) >= 11 is 12.3. The molecule has 0 bridgehead atoms. The number of thiol groups is 3. The molecule has 0 aliphatic carbocycles. The van der Waals surface area contributed by atoms with Crippen LogP contribution in [0.25, 0.3) is 0 Å². The van der Waals surface area contributed by atoms with Crippen molar-refractivity contribution in [1.82, 2.24) is 10.7 Å². The molecule has 0 rings (SSSR count). The predicted molar refractivity (Wildman–Crippen MR) is 125 cm³/mol. The average Bonchev–Trinajstić information content (AvgIpc) is 2.75. The van der Waals surface area contributed by atoms with Crippen LogP contribution in [0.4, 0.5) is 4.79 Å². The van der Waals surface area contributed by atoms with Gasteiger partial charge in [0, 0.05) is 17.3 Å². The van der Waals surface area contributed by atoms with Crippen LogP contribution < -0.4 is 16.6 Å². The van der Waals surface area contributed by atoms with Crippen LogP contribution in [0, 0.1) is 0 Å². The Labute approximate surface area is 195 Å². The third-order valence-corrected chi connectivity index (χ3v) is 4.02. The van der Waals surface area contributed by atoms with Gasteiger partial charge in [0.05, 0.1) is 79.3 Å². The van der Waals surface area contributed by atoms with Crippen molar-refractivity contribution < 1.29 is 33.2 Å². The molecule has 0 aromatic carbocycles. The van der Waals surface area contributed by atoms with Gasteiger partial charge in [0.2, 0.25) is 0 Å². The molecule has 4 N–H and O–H groups in total. The first-order valence-corrected chi connectivity index (χ1v) is 11.6. The van der Waals surface area contributed by atoms with Gasteiger partial charge >= 0.3 is 6.03 Å². The highest BCUT2D eigenvalue weighted by Crippen LogP contribution is 2.09. The van der Waals surface area contributed by atoms with E-state index in [4.69, 9.17) is 34.3 Å². The van der Waals surface area contributed by atoms with Crippen molar-refractivity contribution in [2.75, 3.05) is 96.5 Å². The van der Waals surface area contributed by atoms with Gasteiger partial charge in [0.1, 0.15) is 5.54 Å². The van der Waals surface area contributed by atoms with Crippen LogP contribution >= 0.6 is 37.9 Å². The Morgan fingerprint density at radius 1 is 0.633 bits per heavy atom. The summed E-state index contributed by atoms with van der Waals surface area (Å²) in [6, 6.07) is -0.574. The Morgan fingerprint density at radius 3 is 1.27 bits per heavy atom. The number of hydrogen-bond donors (Lipinski definition) is 6. The number of nitrogens with two attached hydrogens (primary N) is 1. The molecule has 0 aromatic heterocycles. The molecule has 180 valence electrons. The van der Waals surface area contributed by atoms with Gasteiger partial charge in [-0.25, -0.2) is 10.6 Å². The summed E-state index contributed by atoms with van der Waals surface area (Å²) in [5, 5.41) is 2.78. The van der Waals surface area contributed by atoms with E-state index in [2.05, 4.69) is 48.6 Å². The summed E-state index contributed by atoms with van der Waals surface area (Å²) in [5.41, 5.74) is 1.10. The fourth-order valence-corrected chi connectivity index (χ4v) is 2.55. The van der Waals surface area contributed by atoms with Gasteiger partial charge < -0.3 is 33.7 Å². The zero-order valence-electron chi connectivity index (χ0n) is 17.4. The van der Waals surface area contributed by atoms with E-state index < -0.39 is 11.6 Å². The number of carbonyl (C=O) groups excluding carboxylic acids is 1. The molecular formula is C17H37N3O7S3. The molecule has 0 aliphatic heterocycles. The maximum Gasteiger partial charge on any atom is 0.329 e. The van der Waals surface area contributed by atoms with Crippen molar-refractivity contribution in [2.45, 2.75) is 5.54 Å². The lowest BCUT2D eigenvalue weighted by Crippen LogP contribution is -2.61. The average molecular weight is 492 g/mol. The maximum absolute atomic E-state index is 11.9. The van der Waals surface area contributed by atoms with E-state index in [0.717, 1.165) is 0 Å². The Balaban J connectivity index is 4.72. The zero-order chi connectivity index (χ0) is 22.3. The Bertz CT molecular complexity index is 361. The van der Waals surface area contributed by atoms with E-state index in [1.54, 1.807) is 0 Å². The number of nitrogens with one attached hydrogen (secondary N) is 2. The number of rotatable bonds is 22. The molecule has 0 radical (unpaired) electrons. The fraction of sp³-hybridized carbons (Fsp3) is 0.941. The third kappa shape index (κ3) is 17.7. The highest BCUT2D eigenvalue weighted by Gasteiger charge is 2.33. The van der Waals surface area contributed by atoms with Crippen LogP contribution in [0.15, 0.2) is 0 Å². The van der Waals surface area contributed by atoms with E-state index in [-0.39, 0.29) is 19.8 Å². The lowest BCUT2D eigenvalue weighted by Gasteiger charge is -2.34. The van der Waals surface area contributed by atoms with E-state index in [1.807, 2.05) is 0 Å². The Morgan fingerprint density at radius 2 is 0.967 bits per heavy atom. The number of hydrazine groups is 1. The first kappa shape index (κ1) is 30.0. The molecule has 0 saturated heterocycles. The van der Waals surface area contributed by atoms with Crippen molar-refractivity contribution in [2.24, 2.45) is 5.84 Å². The van der Waals surface area contributed by atoms with Crippen molar-refractivity contribution in [1.29, 1.82) is 0 Å². The molecule has 0 fully saturated rings. The summed E-state index contributed by atoms with van der Waals surface area (Å²) in [5.74, 6) is 7.14. The van der Waals surface area contributed by atoms with Gasteiger partial charge in [-0.2, -0.15) is 37.9 Å². The second-order valence-electron chi connectivity index (χ2n) is 6.04. The minimum Gasteiger partial charge on any atom is -0.378 e. The van der Waals surface area contributed by atoms with Gasteiger partial charge in [-0.05, 0) is 0 Å². The number of ether oxygens (including phenoxy) is 6. The highest BCUT2D eigenvalue weighted by molar-refractivity contribution is 7.80. The van der Waals surface area contributed by atoms with Gasteiger partial charge in [-0.3, -0.25) is 5.43 Å². The quantitative estimate of drug-likeness (QED) is 0.0404. The number of amides is 2. The third-order valence-electron chi connectivity index (χ3n) is 3.47. The molecule has 13 heteroatoms. The molecule has 0 aliphatic rings. The summed E-state index contributed by atoms with van der Waals surface area (Å²) in [4.78, 5) is 11.9. The van der Waals surface area contributed by atoms with E-state index >= 15 is 0 Å². The van der Waals surface area contributed by atoms with E-state index in [1.165, 1.54) is 0 Å². The molecule has 30 heavy (non-hydrogen) atoms. The second-order valence-corrected chi connectivity index (χ2v) is 7.39. The predicted octanol–water partition coefficient (Wildman–Crippen LogP) is -0.213. The van der Waals surface area contributed by atoms with Gasteiger partial charge in [0.15, 0.2) is 0 Å². The van der Waals surface area contributed by atoms with Crippen LogP contribution in [-0.4, -0.2) is 108 Å². The summed E-state index contributed by atoms with van der Waals surface area (Å²) in [7, 11) is 0. The van der Waals surface area contributed by atoms with Crippen LogP contribution in [0.5, 0.6) is 0 Å². The fourth-order valence-electron chi connectivity index (χ4n) is 2.17. The monoisotopic (exact) mass is 491 g/mol. The normalized spacial score (nSPS) is 11.6. The van der Waals surface area contributed by atoms with Crippen LogP contribution in [0.2, 0.25) is 0 Å². The Kier molecular flexibility index (Phi) is 22.3. The van der Waals surface area contributed by atoms with Gasteiger partial charge in [0.25, 0.3) is 0 Å². The minimum atomic E-state index is -0.958. The number of urea groups is 1. The molecule has 0 heterocycles. The summed E-state index contributed by atoms with van der Waals surface area (Å²) in [6.07, 6.45) is 0. The topological polar surface area (TPSA) is 123 Å². The van der Waals surface area contributed by atoms with E-state index in [9.17, 15) is 4.79 Å². The lowest BCUT2D eigenvalue weighted by atomic mass is 10.0. The lowest BCUT2D eigenvalue weighted by molar-refractivity contribution is -0.0569. The maximum atomic E-state index is 11.9. The van der Waals surface area contributed by atoms with Crippen molar-refractivity contribution in [3.05, 3.63) is 0 Å². The standard InChI is InChI=1S/C17H37N3O7S3/c18-20-16(21)19-17(13-25-4-1-22-7-10-28,14-26-5-2-23-8-11-29)15-27-6-3-24-9-12-30/h28-30H,1-15,18H2,(H2,19,20,21). The molecule has 0 saturated carbocycles. The second kappa shape index (κ2) is 22.2. The van der Waals surface area contributed by atoms with Crippen molar-refractivity contribution in [3.8, 4) is 0 Å². The molecule has 0 aromatic rings. The van der Waals surface area contributed by atoms with Gasteiger partial charge in [-0.1, -0.05) is 0 Å². The largest absolute Gasteiger partial charge is 0.378 e. The zero-order valence-corrected chi connectivity index (χ0v) is 20.1.